The molecule has 0 aliphatic carbocycles. The third kappa shape index (κ3) is 3.63. The van der Waals surface area contributed by atoms with Crippen LogP contribution in [-0.2, 0) is 11.3 Å². The standard InChI is InChI=1S/C19H16ClNO2/c1-13-6-7-18-16(10-13)11-14(8-9-23-18)19(22)21-12-15-4-2-3-5-17(15)20/h2-11H,12H2,1H3,(H,21,22). The minimum Gasteiger partial charge on any atom is -0.464 e. The molecule has 0 saturated heterocycles. The van der Waals surface area contributed by atoms with Crippen molar-refractivity contribution in [2.75, 3.05) is 0 Å². The molecule has 0 fully saturated rings. The van der Waals surface area contributed by atoms with Gasteiger partial charge in [0.15, 0.2) is 0 Å². The maximum Gasteiger partial charge on any atom is 0.251 e. The molecule has 1 aliphatic rings. The molecule has 4 heteroatoms. The van der Waals surface area contributed by atoms with E-state index in [-0.39, 0.29) is 5.91 Å². The zero-order valence-electron chi connectivity index (χ0n) is 12.7. The second-order valence-electron chi connectivity index (χ2n) is 5.34. The first kappa shape index (κ1) is 15.4. The lowest BCUT2D eigenvalue weighted by Gasteiger charge is -2.07. The van der Waals surface area contributed by atoms with Crippen LogP contribution < -0.4 is 10.1 Å². The van der Waals surface area contributed by atoms with Crippen molar-refractivity contribution in [1.29, 1.82) is 0 Å². The Morgan fingerprint density at radius 1 is 1.22 bits per heavy atom. The van der Waals surface area contributed by atoms with Crippen LogP contribution in [0.5, 0.6) is 5.75 Å². The Morgan fingerprint density at radius 3 is 2.87 bits per heavy atom. The monoisotopic (exact) mass is 325 g/mol. The zero-order valence-corrected chi connectivity index (χ0v) is 13.4. The predicted octanol–water partition coefficient (Wildman–Crippen LogP) is 4.25. The van der Waals surface area contributed by atoms with Gasteiger partial charge in [-0.1, -0.05) is 41.4 Å². The van der Waals surface area contributed by atoms with Crippen LogP contribution >= 0.6 is 11.6 Å². The van der Waals surface area contributed by atoms with Gasteiger partial charge in [0.2, 0.25) is 0 Å². The van der Waals surface area contributed by atoms with Gasteiger partial charge in [0.25, 0.3) is 5.91 Å². The number of ether oxygens (including phenoxy) is 1. The number of hydrogen-bond donors (Lipinski definition) is 1. The highest BCUT2D eigenvalue weighted by molar-refractivity contribution is 6.31. The Balaban J connectivity index is 1.78. The highest BCUT2D eigenvalue weighted by Gasteiger charge is 2.12. The van der Waals surface area contributed by atoms with Crippen LogP contribution in [0.1, 0.15) is 16.7 Å². The molecule has 1 aliphatic heterocycles. The Labute approximate surface area is 140 Å². The molecule has 0 spiro atoms. The van der Waals surface area contributed by atoms with E-state index in [9.17, 15) is 4.79 Å². The maximum absolute atomic E-state index is 12.4. The molecule has 23 heavy (non-hydrogen) atoms. The van der Waals surface area contributed by atoms with E-state index in [1.165, 1.54) is 6.26 Å². The van der Waals surface area contributed by atoms with Crippen molar-refractivity contribution < 1.29 is 9.53 Å². The fraction of sp³-hybridized carbons (Fsp3) is 0.105. The minimum absolute atomic E-state index is 0.167. The van der Waals surface area contributed by atoms with E-state index in [0.717, 1.165) is 22.4 Å². The number of carbonyl (C=O) groups is 1. The Bertz CT molecular complexity index is 809. The quantitative estimate of drug-likeness (QED) is 0.916. The first-order valence-corrected chi connectivity index (χ1v) is 7.68. The highest BCUT2D eigenvalue weighted by atomic mass is 35.5. The van der Waals surface area contributed by atoms with Crippen LogP contribution in [0.15, 0.2) is 60.4 Å². The highest BCUT2D eigenvalue weighted by Crippen LogP contribution is 2.26. The van der Waals surface area contributed by atoms with Crippen molar-refractivity contribution in [1.82, 2.24) is 5.32 Å². The SMILES string of the molecule is Cc1ccc2c(c1)C=C(C(=O)NCc1ccccc1Cl)C=CO2. The molecular weight excluding hydrogens is 310 g/mol. The molecule has 0 radical (unpaired) electrons. The van der Waals surface area contributed by atoms with E-state index in [4.69, 9.17) is 16.3 Å². The van der Waals surface area contributed by atoms with Crippen molar-refractivity contribution in [2.45, 2.75) is 13.5 Å². The van der Waals surface area contributed by atoms with E-state index in [0.29, 0.717) is 17.1 Å². The number of nitrogens with one attached hydrogen (secondary N) is 1. The molecule has 1 N–H and O–H groups in total. The summed E-state index contributed by atoms with van der Waals surface area (Å²) < 4.78 is 5.53. The molecule has 0 unspecified atom stereocenters. The fourth-order valence-corrected chi connectivity index (χ4v) is 2.55. The predicted molar refractivity (Wildman–Crippen MR) is 92.2 cm³/mol. The average Bonchev–Trinajstić information content (AvgIpc) is 2.75. The lowest BCUT2D eigenvalue weighted by molar-refractivity contribution is -0.117. The zero-order chi connectivity index (χ0) is 16.2. The van der Waals surface area contributed by atoms with Gasteiger partial charge in [-0.05, 0) is 42.8 Å². The maximum atomic E-state index is 12.4. The largest absolute Gasteiger partial charge is 0.464 e. The van der Waals surface area contributed by atoms with Crippen molar-refractivity contribution in [3.8, 4) is 5.75 Å². The minimum atomic E-state index is -0.167. The fourth-order valence-electron chi connectivity index (χ4n) is 2.34. The smallest absolute Gasteiger partial charge is 0.251 e. The second-order valence-corrected chi connectivity index (χ2v) is 5.74. The van der Waals surface area contributed by atoms with Gasteiger partial charge in [0.05, 0.1) is 6.26 Å². The Morgan fingerprint density at radius 2 is 2.04 bits per heavy atom. The first-order valence-electron chi connectivity index (χ1n) is 7.30. The normalized spacial score (nSPS) is 12.7. The van der Waals surface area contributed by atoms with Crippen LogP contribution in [-0.4, -0.2) is 5.91 Å². The lowest BCUT2D eigenvalue weighted by atomic mass is 10.1. The molecule has 3 nitrogen and oxygen atoms in total. The summed E-state index contributed by atoms with van der Waals surface area (Å²) in [7, 11) is 0. The molecule has 1 heterocycles. The van der Waals surface area contributed by atoms with Gasteiger partial charge in [-0.3, -0.25) is 4.79 Å². The lowest BCUT2D eigenvalue weighted by Crippen LogP contribution is -2.23. The summed E-state index contributed by atoms with van der Waals surface area (Å²) in [5.41, 5.74) is 3.42. The number of benzene rings is 2. The Hall–Kier alpha value is -2.52. The van der Waals surface area contributed by atoms with Crippen molar-refractivity contribution in [3.05, 3.63) is 82.1 Å². The molecule has 0 aromatic heterocycles. The van der Waals surface area contributed by atoms with Crippen LogP contribution in [0.2, 0.25) is 5.02 Å². The molecule has 3 rings (SSSR count). The summed E-state index contributed by atoms with van der Waals surface area (Å²) in [6.45, 7) is 2.38. The van der Waals surface area contributed by atoms with Gasteiger partial charge < -0.3 is 10.1 Å². The molecular formula is C19H16ClNO2. The van der Waals surface area contributed by atoms with Gasteiger partial charge in [-0.15, -0.1) is 0 Å². The van der Waals surface area contributed by atoms with Crippen LogP contribution in [0.3, 0.4) is 0 Å². The summed E-state index contributed by atoms with van der Waals surface area (Å²) in [6, 6.07) is 13.3. The van der Waals surface area contributed by atoms with Gasteiger partial charge in [-0.2, -0.15) is 0 Å². The molecule has 0 atom stereocenters. The second kappa shape index (κ2) is 6.71. The summed E-state index contributed by atoms with van der Waals surface area (Å²) in [6.07, 6.45) is 5.02. The van der Waals surface area contributed by atoms with Crippen LogP contribution in [0.4, 0.5) is 0 Å². The van der Waals surface area contributed by atoms with Gasteiger partial charge in [-0.25, -0.2) is 0 Å². The van der Waals surface area contributed by atoms with E-state index >= 15 is 0 Å². The van der Waals surface area contributed by atoms with Gasteiger partial charge in [0, 0.05) is 22.7 Å². The number of fused-ring (bicyclic) bond motifs is 1. The van der Waals surface area contributed by atoms with Crippen molar-refractivity contribution in [3.63, 3.8) is 0 Å². The van der Waals surface area contributed by atoms with Crippen molar-refractivity contribution >= 4 is 23.6 Å². The summed E-state index contributed by atoms with van der Waals surface area (Å²) in [4.78, 5) is 12.4. The van der Waals surface area contributed by atoms with Crippen LogP contribution in [0, 0.1) is 6.92 Å². The van der Waals surface area contributed by atoms with Crippen molar-refractivity contribution in [2.24, 2.45) is 0 Å². The van der Waals surface area contributed by atoms with E-state index in [1.54, 1.807) is 12.1 Å². The molecule has 0 bridgehead atoms. The number of aryl methyl sites for hydroxylation is 1. The number of amides is 1. The summed E-state index contributed by atoms with van der Waals surface area (Å²) in [5, 5.41) is 3.53. The van der Waals surface area contributed by atoms with Gasteiger partial charge in [0.1, 0.15) is 5.75 Å². The summed E-state index contributed by atoms with van der Waals surface area (Å²) >= 11 is 6.10. The molecule has 2 aromatic carbocycles. The third-order valence-electron chi connectivity index (χ3n) is 3.58. The molecule has 2 aromatic rings. The molecule has 116 valence electrons. The number of hydrogen-bond acceptors (Lipinski definition) is 2. The van der Waals surface area contributed by atoms with E-state index < -0.39 is 0 Å². The van der Waals surface area contributed by atoms with Gasteiger partial charge >= 0.3 is 0 Å². The van der Waals surface area contributed by atoms with Crippen LogP contribution in [0.25, 0.3) is 6.08 Å². The topological polar surface area (TPSA) is 38.3 Å². The molecule has 1 amide bonds. The average molecular weight is 326 g/mol. The number of carbonyl (C=O) groups excluding carboxylic acids is 1. The first-order chi connectivity index (χ1) is 11.1. The summed E-state index contributed by atoms with van der Waals surface area (Å²) in [5.74, 6) is 0.569. The third-order valence-corrected chi connectivity index (χ3v) is 3.95. The number of halogens is 1. The van der Waals surface area contributed by atoms with E-state index in [1.807, 2.05) is 49.4 Å². The van der Waals surface area contributed by atoms with E-state index in [2.05, 4.69) is 5.32 Å². The molecule has 0 saturated carbocycles. The Kier molecular flexibility index (Phi) is 4.49. The number of rotatable bonds is 3.